The summed E-state index contributed by atoms with van der Waals surface area (Å²) < 4.78 is 29.2. The lowest BCUT2D eigenvalue weighted by Crippen LogP contribution is -2.48. The van der Waals surface area contributed by atoms with E-state index in [9.17, 15) is 13.2 Å². The van der Waals surface area contributed by atoms with Gasteiger partial charge in [0.25, 0.3) is 5.91 Å². The molecule has 2 fully saturated rings. The van der Waals surface area contributed by atoms with Crippen molar-refractivity contribution in [3.63, 3.8) is 0 Å². The molecule has 1 aliphatic carbocycles. The minimum atomic E-state index is -3.03. The van der Waals surface area contributed by atoms with Crippen molar-refractivity contribution in [2.75, 3.05) is 18.1 Å². The second kappa shape index (κ2) is 7.31. The zero-order chi connectivity index (χ0) is 17.2. The second-order valence-corrected chi connectivity index (χ2v) is 9.15. The zero-order valence-electron chi connectivity index (χ0n) is 13.5. The molecule has 1 aromatic rings. The van der Waals surface area contributed by atoms with E-state index in [1.54, 1.807) is 29.2 Å². The molecule has 1 saturated heterocycles. The standard InChI is InChI=1S/C17H22ClNO4S/c18-15-7-3-4-8-16(15)23-11-17(20)19(13-5-1-2-6-13)14-9-10-24(21,22)12-14/h3-4,7-8,13-14H,1-2,5-6,9-12H2/t14-/m1/s1. The molecule has 0 aromatic heterocycles. The number of para-hydroxylation sites is 1. The highest BCUT2D eigenvalue weighted by Crippen LogP contribution is 2.30. The van der Waals surface area contributed by atoms with Crippen LogP contribution < -0.4 is 4.74 Å². The molecule has 0 bridgehead atoms. The summed E-state index contributed by atoms with van der Waals surface area (Å²) in [6.07, 6.45) is 4.57. The molecule has 5 nitrogen and oxygen atoms in total. The van der Waals surface area contributed by atoms with E-state index in [1.165, 1.54) is 0 Å². The van der Waals surface area contributed by atoms with Crippen LogP contribution in [-0.4, -0.2) is 49.4 Å². The van der Waals surface area contributed by atoms with Gasteiger partial charge in [-0.2, -0.15) is 0 Å². The predicted octanol–water partition coefficient (Wildman–Crippen LogP) is 2.68. The Morgan fingerprint density at radius 2 is 1.88 bits per heavy atom. The largest absolute Gasteiger partial charge is 0.482 e. The molecule has 1 atom stereocenters. The third-order valence-corrected chi connectivity index (χ3v) is 6.86. The third kappa shape index (κ3) is 4.03. The first-order valence-electron chi connectivity index (χ1n) is 8.35. The van der Waals surface area contributed by atoms with E-state index in [0.29, 0.717) is 17.2 Å². The van der Waals surface area contributed by atoms with Crippen molar-refractivity contribution in [1.29, 1.82) is 0 Å². The van der Waals surface area contributed by atoms with Gasteiger partial charge in [-0.15, -0.1) is 0 Å². The number of nitrogens with zero attached hydrogens (tertiary/aromatic N) is 1. The fourth-order valence-corrected chi connectivity index (χ4v) is 5.56. The van der Waals surface area contributed by atoms with Crippen LogP contribution in [0.15, 0.2) is 24.3 Å². The van der Waals surface area contributed by atoms with Gasteiger partial charge in [-0.25, -0.2) is 8.42 Å². The van der Waals surface area contributed by atoms with Crippen molar-refractivity contribution in [2.24, 2.45) is 0 Å². The van der Waals surface area contributed by atoms with E-state index in [0.717, 1.165) is 25.7 Å². The molecule has 1 amide bonds. The van der Waals surface area contributed by atoms with Gasteiger partial charge in [0.2, 0.25) is 0 Å². The Balaban J connectivity index is 1.70. The molecule has 0 spiro atoms. The average Bonchev–Trinajstić information content (AvgIpc) is 3.17. The van der Waals surface area contributed by atoms with E-state index in [4.69, 9.17) is 16.3 Å². The fourth-order valence-electron chi connectivity index (χ4n) is 3.66. The first-order valence-corrected chi connectivity index (χ1v) is 10.5. The molecule has 0 radical (unpaired) electrons. The number of carbonyl (C=O) groups excluding carboxylic acids is 1. The molecule has 7 heteroatoms. The Hall–Kier alpha value is -1.27. The number of hydrogen-bond acceptors (Lipinski definition) is 4. The van der Waals surface area contributed by atoms with Crippen LogP contribution in [0.4, 0.5) is 0 Å². The second-order valence-electron chi connectivity index (χ2n) is 6.52. The zero-order valence-corrected chi connectivity index (χ0v) is 15.1. The lowest BCUT2D eigenvalue weighted by molar-refractivity contribution is -0.137. The predicted molar refractivity (Wildman–Crippen MR) is 93.1 cm³/mol. The van der Waals surface area contributed by atoms with Gasteiger partial charge in [-0.1, -0.05) is 36.6 Å². The van der Waals surface area contributed by atoms with Crippen LogP contribution in [0.5, 0.6) is 5.75 Å². The van der Waals surface area contributed by atoms with E-state index in [-0.39, 0.29) is 36.1 Å². The Kier molecular flexibility index (Phi) is 5.35. The van der Waals surface area contributed by atoms with Crippen LogP contribution in [0.3, 0.4) is 0 Å². The summed E-state index contributed by atoms with van der Waals surface area (Å²) in [7, 11) is -3.03. The van der Waals surface area contributed by atoms with Crippen molar-refractivity contribution in [1.82, 2.24) is 4.90 Å². The van der Waals surface area contributed by atoms with E-state index < -0.39 is 9.84 Å². The highest BCUT2D eigenvalue weighted by atomic mass is 35.5. The summed E-state index contributed by atoms with van der Waals surface area (Å²) in [4.78, 5) is 14.6. The minimum absolute atomic E-state index is 0.0708. The van der Waals surface area contributed by atoms with Crippen LogP contribution in [0.1, 0.15) is 32.1 Å². The topological polar surface area (TPSA) is 63.7 Å². The average molecular weight is 372 g/mol. The first-order chi connectivity index (χ1) is 11.5. The fraction of sp³-hybridized carbons (Fsp3) is 0.588. The first kappa shape index (κ1) is 17.5. The maximum absolute atomic E-state index is 12.8. The molecule has 1 heterocycles. The molecule has 3 rings (SSSR count). The molecule has 1 saturated carbocycles. The van der Waals surface area contributed by atoms with E-state index in [2.05, 4.69) is 0 Å². The Labute approximate surface area is 147 Å². The van der Waals surface area contributed by atoms with Gasteiger partial charge < -0.3 is 9.64 Å². The lowest BCUT2D eigenvalue weighted by atomic mass is 10.1. The normalized spacial score (nSPS) is 23.3. The maximum atomic E-state index is 12.8. The van der Waals surface area contributed by atoms with Gasteiger partial charge in [-0.05, 0) is 31.4 Å². The monoisotopic (exact) mass is 371 g/mol. The van der Waals surface area contributed by atoms with Crippen LogP contribution in [0, 0.1) is 0 Å². The van der Waals surface area contributed by atoms with Gasteiger partial charge >= 0.3 is 0 Å². The van der Waals surface area contributed by atoms with Crippen molar-refractivity contribution in [3.05, 3.63) is 29.3 Å². The number of hydrogen-bond donors (Lipinski definition) is 0. The highest BCUT2D eigenvalue weighted by molar-refractivity contribution is 7.91. The summed E-state index contributed by atoms with van der Waals surface area (Å²) in [5.74, 6) is 0.558. The van der Waals surface area contributed by atoms with Crippen LogP contribution in [0.2, 0.25) is 5.02 Å². The number of carbonyl (C=O) groups is 1. The third-order valence-electron chi connectivity index (χ3n) is 4.80. The van der Waals surface area contributed by atoms with Crippen molar-refractivity contribution >= 4 is 27.3 Å². The van der Waals surface area contributed by atoms with E-state index >= 15 is 0 Å². The number of ether oxygens (including phenoxy) is 1. The molecule has 2 aliphatic rings. The van der Waals surface area contributed by atoms with Gasteiger partial charge in [0, 0.05) is 12.1 Å². The number of rotatable bonds is 5. The Bertz CT molecular complexity index is 700. The molecule has 132 valence electrons. The maximum Gasteiger partial charge on any atom is 0.261 e. The molecule has 24 heavy (non-hydrogen) atoms. The van der Waals surface area contributed by atoms with Gasteiger partial charge in [0.05, 0.1) is 16.5 Å². The van der Waals surface area contributed by atoms with Gasteiger partial charge in [-0.3, -0.25) is 4.79 Å². The number of benzene rings is 1. The highest BCUT2D eigenvalue weighted by Gasteiger charge is 2.39. The summed E-state index contributed by atoms with van der Waals surface area (Å²) in [5.41, 5.74) is 0. The Morgan fingerprint density at radius 1 is 1.17 bits per heavy atom. The lowest BCUT2D eigenvalue weighted by Gasteiger charge is -2.34. The molecule has 1 aliphatic heterocycles. The molecule has 0 N–H and O–H groups in total. The smallest absolute Gasteiger partial charge is 0.261 e. The van der Waals surface area contributed by atoms with Crippen molar-refractivity contribution < 1.29 is 17.9 Å². The van der Waals surface area contributed by atoms with Crippen LogP contribution in [0.25, 0.3) is 0 Å². The van der Waals surface area contributed by atoms with E-state index in [1.807, 2.05) is 0 Å². The SMILES string of the molecule is O=C(COc1ccccc1Cl)N(C1CCCC1)[C@@H]1CCS(=O)(=O)C1. The summed E-state index contributed by atoms with van der Waals surface area (Å²) in [6.45, 7) is -0.114. The quantitative estimate of drug-likeness (QED) is 0.798. The van der Waals surface area contributed by atoms with Crippen molar-refractivity contribution in [3.8, 4) is 5.75 Å². The van der Waals surface area contributed by atoms with Gasteiger partial charge in [0.15, 0.2) is 16.4 Å². The summed E-state index contributed by atoms with van der Waals surface area (Å²) in [6, 6.07) is 6.93. The minimum Gasteiger partial charge on any atom is -0.482 e. The van der Waals surface area contributed by atoms with Crippen LogP contribution >= 0.6 is 11.6 Å². The van der Waals surface area contributed by atoms with Gasteiger partial charge in [0.1, 0.15) is 5.75 Å². The van der Waals surface area contributed by atoms with Crippen LogP contribution in [-0.2, 0) is 14.6 Å². The molecular formula is C17H22ClNO4S. The number of sulfone groups is 1. The summed E-state index contributed by atoms with van der Waals surface area (Å²) in [5, 5.41) is 0.459. The van der Waals surface area contributed by atoms with Crippen molar-refractivity contribution in [2.45, 2.75) is 44.2 Å². The molecular weight excluding hydrogens is 350 g/mol. The Morgan fingerprint density at radius 3 is 2.50 bits per heavy atom. The molecule has 1 aromatic carbocycles. The summed E-state index contributed by atoms with van der Waals surface area (Å²) >= 11 is 6.05. The number of amides is 1. The number of halogens is 1. The molecule has 0 unspecified atom stereocenters.